The highest BCUT2D eigenvalue weighted by atomic mass is 32.2. The zero-order valence-electron chi connectivity index (χ0n) is 8.63. The molecule has 0 saturated heterocycles. The van der Waals surface area contributed by atoms with E-state index in [4.69, 9.17) is 4.43 Å². The molecule has 0 aromatic heterocycles. The normalized spacial score (nSPS) is 11.4. The van der Waals surface area contributed by atoms with Crippen molar-refractivity contribution in [2.75, 3.05) is 6.26 Å². The largest absolute Gasteiger partial charge is 0.544 e. The fourth-order valence-electron chi connectivity index (χ4n) is 0.997. The topological polar surface area (TPSA) is 9.23 Å². The van der Waals surface area contributed by atoms with E-state index >= 15 is 0 Å². The first-order valence-electron chi connectivity index (χ1n) is 4.34. The Morgan fingerprint density at radius 3 is 2.00 bits per heavy atom. The second-order valence-electron chi connectivity index (χ2n) is 3.89. The van der Waals surface area contributed by atoms with E-state index in [-0.39, 0.29) is 0 Å². The Hall–Kier alpha value is -0.413. The van der Waals surface area contributed by atoms with Gasteiger partial charge < -0.3 is 4.43 Å². The first-order valence-corrected chi connectivity index (χ1v) is 8.97. The van der Waals surface area contributed by atoms with Crippen molar-refractivity contribution < 1.29 is 4.43 Å². The minimum Gasteiger partial charge on any atom is -0.544 e. The van der Waals surface area contributed by atoms with Crippen LogP contribution in [0.15, 0.2) is 29.2 Å². The first-order chi connectivity index (χ1) is 6.01. The lowest BCUT2D eigenvalue weighted by Crippen LogP contribution is -2.29. The Balaban J connectivity index is 2.70. The van der Waals surface area contributed by atoms with Gasteiger partial charge in [0.1, 0.15) is 5.75 Å². The van der Waals surface area contributed by atoms with Gasteiger partial charge in [0.15, 0.2) is 0 Å². The number of hydrogen-bond acceptors (Lipinski definition) is 2. The van der Waals surface area contributed by atoms with Gasteiger partial charge in [0.25, 0.3) is 0 Å². The van der Waals surface area contributed by atoms with Crippen LogP contribution in [0.5, 0.6) is 5.75 Å². The van der Waals surface area contributed by atoms with E-state index in [0.717, 1.165) is 5.75 Å². The predicted molar refractivity (Wildman–Crippen MR) is 62.2 cm³/mol. The molecular formula is C10H16OSSi. The molecule has 13 heavy (non-hydrogen) atoms. The summed E-state index contributed by atoms with van der Waals surface area (Å²) in [7, 11) is -1.43. The number of benzene rings is 1. The Kier molecular flexibility index (Phi) is 3.45. The van der Waals surface area contributed by atoms with Gasteiger partial charge in [0.2, 0.25) is 8.32 Å². The van der Waals surface area contributed by atoms with Gasteiger partial charge in [-0.1, -0.05) is 0 Å². The van der Waals surface area contributed by atoms with Gasteiger partial charge in [-0.2, -0.15) is 0 Å². The lowest BCUT2D eigenvalue weighted by Gasteiger charge is -2.19. The van der Waals surface area contributed by atoms with Gasteiger partial charge in [0.05, 0.1) is 0 Å². The number of thioether (sulfide) groups is 1. The maximum Gasteiger partial charge on any atom is 0.242 e. The number of rotatable bonds is 3. The van der Waals surface area contributed by atoms with Crippen LogP contribution in [-0.4, -0.2) is 14.6 Å². The monoisotopic (exact) mass is 212 g/mol. The van der Waals surface area contributed by atoms with Crippen LogP contribution in [0.2, 0.25) is 19.6 Å². The maximum atomic E-state index is 5.83. The van der Waals surface area contributed by atoms with E-state index in [1.807, 2.05) is 12.1 Å². The maximum absolute atomic E-state index is 5.83. The smallest absolute Gasteiger partial charge is 0.242 e. The van der Waals surface area contributed by atoms with Crippen LogP contribution in [0.3, 0.4) is 0 Å². The van der Waals surface area contributed by atoms with Crippen LogP contribution in [0.4, 0.5) is 0 Å². The van der Waals surface area contributed by atoms with Gasteiger partial charge in [-0.05, 0) is 50.2 Å². The second kappa shape index (κ2) is 4.20. The average Bonchev–Trinajstić information content (AvgIpc) is 2.03. The molecule has 1 aromatic rings. The summed E-state index contributed by atoms with van der Waals surface area (Å²) in [5, 5.41) is 0. The highest BCUT2D eigenvalue weighted by molar-refractivity contribution is 7.98. The van der Waals surface area contributed by atoms with Crippen LogP contribution < -0.4 is 4.43 Å². The molecule has 0 heterocycles. The summed E-state index contributed by atoms with van der Waals surface area (Å²) < 4.78 is 5.83. The minimum atomic E-state index is -1.43. The van der Waals surface area contributed by atoms with E-state index in [0.29, 0.717) is 0 Å². The van der Waals surface area contributed by atoms with Crippen molar-refractivity contribution in [1.82, 2.24) is 0 Å². The molecule has 0 spiro atoms. The molecule has 1 rings (SSSR count). The first kappa shape index (κ1) is 10.7. The summed E-state index contributed by atoms with van der Waals surface area (Å²) in [5.41, 5.74) is 0. The zero-order chi connectivity index (χ0) is 9.90. The zero-order valence-corrected chi connectivity index (χ0v) is 10.4. The third-order valence-electron chi connectivity index (χ3n) is 1.48. The van der Waals surface area contributed by atoms with Crippen molar-refractivity contribution in [3.8, 4) is 5.75 Å². The third-order valence-corrected chi connectivity index (χ3v) is 3.08. The summed E-state index contributed by atoms with van der Waals surface area (Å²) in [6, 6.07) is 8.29. The Bertz CT molecular complexity index is 263. The standard InChI is InChI=1S/C10H16OSSi/c1-12-10-7-5-9(6-8-10)11-13(2,3)4/h5-8H,1-4H3. The van der Waals surface area contributed by atoms with Crippen LogP contribution in [0.25, 0.3) is 0 Å². The molecule has 0 amide bonds. The SMILES string of the molecule is CSc1ccc(O[Si](C)(C)C)cc1. The van der Waals surface area contributed by atoms with E-state index < -0.39 is 8.32 Å². The van der Waals surface area contributed by atoms with Gasteiger partial charge in [-0.25, -0.2) is 0 Å². The summed E-state index contributed by atoms with van der Waals surface area (Å²) in [6.07, 6.45) is 2.08. The second-order valence-corrected chi connectivity index (χ2v) is 9.20. The van der Waals surface area contributed by atoms with Gasteiger partial charge in [0, 0.05) is 4.90 Å². The van der Waals surface area contributed by atoms with Crippen molar-refractivity contribution in [2.45, 2.75) is 24.5 Å². The summed E-state index contributed by atoms with van der Waals surface area (Å²) >= 11 is 1.75. The molecular weight excluding hydrogens is 196 g/mol. The van der Waals surface area contributed by atoms with Crippen LogP contribution in [0, 0.1) is 0 Å². The minimum absolute atomic E-state index is 0.997. The van der Waals surface area contributed by atoms with Crippen LogP contribution in [0.1, 0.15) is 0 Å². The van der Waals surface area contributed by atoms with Gasteiger partial charge >= 0.3 is 0 Å². The van der Waals surface area contributed by atoms with E-state index in [9.17, 15) is 0 Å². The molecule has 0 saturated carbocycles. The number of hydrogen-bond donors (Lipinski definition) is 0. The summed E-state index contributed by atoms with van der Waals surface area (Å²) in [4.78, 5) is 1.28. The fourth-order valence-corrected chi connectivity index (χ4v) is 2.25. The Labute approximate surface area is 85.6 Å². The van der Waals surface area contributed by atoms with Crippen LogP contribution in [-0.2, 0) is 0 Å². The molecule has 0 fully saturated rings. The fraction of sp³-hybridized carbons (Fsp3) is 0.400. The highest BCUT2D eigenvalue weighted by Gasteiger charge is 2.15. The van der Waals surface area contributed by atoms with Gasteiger partial charge in [-0.3, -0.25) is 0 Å². The average molecular weight is 212 g/mol. The van der Waals surface area contributed by atoms with Crippen molar-refractivity contribution in [2.24, 2.45) is 0 Å². The van der Waals surface area contributed by atoms with E-state index in [1.54, 1.807) is 11.8 Å². The van der Waals surface area contributed by atoms with Crippen LogP contribution >= 0.6 is 11.8 Å². The molecule has 0 aliphatic rings. The Morgan fingerprint density at radius 2 is 1.62 bits per heavy atom. The van der Waals surface area contributed by atoms with E-state index in [2.05, 4.69) is 38.0 Å². The molecule has 1 aromatic carbocycles. The summed E-state index contributed by atoms with van der Waals surface area (Å²) in [6.45, 7) is 6.57. The van der Waals surface area contributed by atoms with Gasteiger partial charge in [-0.15, -0.1) is 11.8 Å². The third kappa shape index (κ3) is 3.87. The van der Waals surface area contributed by atoms with Crippen molar-refractivity contribution in [1.29, 1.82) is 0 Å². The molecule has 0 radical (unpaired) electrons. The highest BCUT2D eigenvalue weighted by Crippen LogP contribution is 2.21. The molecule has 0 bridgehead atoms. The molecule has 0 aliphatic carbocycles. The molecule has 0 unspecified atom stereocenters. The molecule has 0 atom stereocenters. The molecule has 0 aliphatic heterocycles. The molecule has 0 N–H and O–H groups in total. The quantitative estimate of drug-likeness (QED) is 0.559. The van der Waals surface area contributed by atoms with Crippen molar-refractivity contribution in [3.05, 3.63) is 24.3 Å². The lowest BCUT2D eigenvalue weighted by molar-refractivity contribution is 0.557. The van der Waals surface area contributed by atoms with Crippen molar-refractivity contribution in [3.63, 3.8) is 0 Å². The Morgan fingerprint density at radius 1 is 1.08 bits per heavy atom. The molecule has 1 nitrogen and oxygen atoms in total. The summed E-state index contributed by atoms with van der Waals surface area (Å²) in [5.74, 6) is 0.997. The predicted octanol–water partition coefficient (Wildman–Crippen LogP) is 3.62. The molecule has 3 heteroatoms. The van der Waals surface area contributed by atoms with E-state index in [1.165, 1.54) is 4.90 Å². The van der Waals surface area contributed by atoms with Crippen molar-refractivity contribution >= 4 is 20.1 Å². The molecule has 72 valence electrons. The lowest BCUT2D eigenvalue weighted by atomic mass is 10.3.